The van der Waals surface area contributed by atoms with E-state index in [0.717, 1.165) is 54.2 Å². The molecule has 5 nitrogen and oxygen atoms in total. The molecule has 8 heteroatoms. The van der Waals surface area contributed by atoms with Crippen molar-refractivity contribution in [2.24, 2.45) is 0 Å². The van der Waals surface area contributed by atoms with Crippen LogP contribution in [-0.2, 0) is 13.2 Å². The lowest BCUT2D eigenvalue weighted by molar-refractivity contribution is 0.0987. The average Bonchev–Trinajstić information content (AvgIpc) is 3.23. The summed E-state index contributed by atoms with van der Waals surface area (Å²) in [4.78, 5) is 6.20. The molecule has 0 amide bonds. The quantitative estimate of drug-likeness (QED) is 0.602. The van der Waals surface area contributed by atoms with Crippen LogP contribution in [0.15, 0.2) is 48.8 Å². The second kappa shape index (κ2) is 8.02. The average molecular weight is 406 g/mol. The number of piperazine rings is 1. The summed E-state index contributed by atoms with van der Waals surface area (Å²) in [5.41, 5.74) is 1.04. The third-order valence-corrected chi connectivity index (χ3v) is 6.20. The van der Waals surface area contributed by atoms with E-state index in [-0.39, 0.29) is 0 Å². The van der Waals surface area contributed by atoms with Crippen LogP contribution in [0.1, 0.15) is 4.88 Å². The minimum Gasteiger partial charge on any atom is -0.296 e. The minimum atomic E-state index is 0.729. The van der Waals surface area contributed by atoms with E-state index in [1.165, 1.54) is 4.88 Å². The number of halogens is 1. The van der Waals surface area contributed by atoms with Crippen molar-refractivity contribution < 1.29 is 0 Å². The summed E-state index contributed by atoms with van der Waals surface area (Å²) in [6.07, 6.45) is 1.80. The number of hydrogen-bond acceptors (Lipinski definition) is 5. The van der Waals surface area contributed by atoms with Gasteiger partial charge in [-0.15, -0.1) is 11.3 Å². The van der Waals surface area contributed by atoms with E-state index in [4.69, 9.17) is 23.8 Å². The van der Waals surface area contributed by atoms with Crippen LogP contribution >= 0.6 is 35.2 Å². The number of rotatable bonds is 5. The van der Waals surface area contributed by atoms with Crippen molar-refractivity contribution >= 4 is 35.2 Å². The van der Waals surface area contributed by atoms with Gasteiger partial charge >= 0.3 is 0 Å². The predicted molar refractivity (Wildman–Crippen MR) is 109 cm³/mol. The first-order valence-electron chi connectivity index (χ1n) is 8.58. The van der Waals surface area contributed by atoms with E-state index in [1.807, 2.05) is 45.6 Å². The van der Waals surface area contributed by atoms with Crippen molar-refractivity contribution in [2.45, 2.75) is 13.2 Å². The Morgan fingerprint density at radius 2 is 1.73 bits per heavy atom. The second-order valence-corrected chi connectivity index (χ2v) is 8.52. The lowest BCUT2D eigenvalue weighted by atomic mass is 10.3. The molecule has 136 valence electrons. The number of thiophene rings is 1. The molecule has 1 fully saturated rings. The van der Waals surface area contributed by atoms with Gasteiger partial charge in [0.15, 0.2) is 0 Å². The lowest BCUT2D eigenvalue weighted by Crippen LogP contribution is -2.46. The van der Waals surface area contributed by atoms with Crippen molar-refractivity contribution in [3.8, 4) is 5.69 Å². The Kier molecular flexibility index (Phi) is 5.52. The summed E-state index contributed by atoms with van der Waals surface area (Å²) in [6.45, 7) is 5.83. The largest absolute Gasteiger partial charge is 0.296 e. The topological polar surface area (TPSA) is 29.2 Å². The molecule has 0 saturated carbocycles. The van der Waals surface area contributed by atoms with Gasteiger partial charge in [-0.05, 0) is 36.5 Å². The molecule has 26 heavy (non-hydrogen) atoms. The maximum absolute atomic E-state index is 6.02. The monoisotopic (exact) mass is 405 g/mol. The van der Waals surface area contributed by atoms with Crippen LogP contribution in [0.25, 0.3) is 5.69 Å². The Labute approximate surface area is 167 Å². The van der Waals surface area contributed by atoms with E-state index in [0.29, 0.717) is 0 Å². The fraction of sp³-hybridized carbons (Fsp3) is 0.333. The molecule has 4 rings (SSSR count). The Morgan fingerprint density at radius 1 is 1.00 bits per heavy atom. The van der Waals surface area contributed by atoms with Crippen LogP contribution in [-0.4, -0.2) is 50.3 Å². The van der Waals surface area contributed by atoms with Gasteiger partial charge < -0.3 is 0 Å². The van der Waals surface area contributed by atoms with Crippen LogP contribution in [0, 0.1) is 4.77 Å². The Balaban J connectivity index is 1.35. The van der Waals surface area contributed by atoms with Gasteiger partial charge in [0.1, 0.15) is 6.33 Å². The van der Waals surface area contributed by atoms with Gasteiger partial charge in [-0.25, -0.2) is 4.68 Å². The highest BCUT2D eigenvalue weighted by molar-refractivity contribution is 7.71. The Bertz CT molecular complexity index is 909. The van der Waals surface area contributed by atoms with E-state index < -0.39 is 0 Å². The summed E-state index contributed by atoms with van der Waals surface area (Å²) in [5, 5.41) is 4.48. The summed E-state index contributed by atoms with van der Waals surface area (Å²) < 4.78 is 5.44. The molecule has 2 aromatic heterocycles. The lowest BCUT2D eigenvalue weighted by Gasteiger charge is -2.34. The van der Waals surface area contributed by atoms with Gasteiger partial charge in [-0.2, -0.15) is 5.10 Å². The standard InChI is InChI=1S/C18H20ClN5S2/c19-17-7-6-16(26-17)12-21-8-10-22(11-9-21)14-24-18(25)23(13-20-24)15-4-2-1-3-5-15/h1-7,13H,8-12,14H2. The summed E-state index contributed by atoms with van der Waals surface area (Å²) in [7, 11) is 0. The van der Waals surface area contributed by atoms with E-state index in [2.05, 4.69) is 21.0 Å². The zero-order valence-corrected chi connectivity index (χ0v) is 16.7. The van der Waals surface area contributed by atoms with E-state index in [1.54, 1.807) is 17.7 Å². The highest BCUT2D eigenvalue weighted by Crippen LogP contribution is 2.23. The third kappa shape index (κ3) is 4.07. The Morgan fingerprint density at radius 3 is 2.42 bits per heavy atom. The molecular weight excluding hydrogens is 386 g/mol. The van der Waals surface area contributed by atoms with Gasteiger partial charge in [0.2, 0.25) is 4.77 Å². The summed E-state index contributed by atoms with van der Waals surface area (Å²) in [5.74, 6) is 0. The number of nitrogens with zero attached hydrogens (tertiary/aromatic N) is 5. The van der Waals surface area contributed by atoms with Gasteiger partial charge in [0.25, 0.3) is 0 Å². The number of benzene rings is 1. The van der Waals surface area contributed by atoms with Crippen molar-refractivity contribution in [3.63, 3.8) is 0 Å². The highest BCUT2D eigenvalue weighted by Gasteiger charge is 2.18. The molecule has 1 aromatic carbocycles. The molecule has 0 aliphatic carbocycles. The SMILES string of the molecule is S=c1n(-c2ccccc2)cnn1CN1CCN(Cc2ccc(Cl)s2)CC1. The number of aromatic nitrogens is 3. The molecule has 0 unspecified atom stereocenters. The van der Waals surface area contributed by atoms with Crippen molar-refractivity contribution in [3.05, 3.63) is 62.8 Å². The van der Waals surface area contributed by atoms with Crippen LogP contribution in [0.5, 0.6) is 0 Å². The molecule has 1 aliphatic rings. The zero-order chi connectivity index (χ0) is 17.9. The van der Waals surface area contributed by atoms with E-state index in [9.17, 15) is 0 Å². The normalized spacial score (nSPS) is 16.2. The van der Waals surface area contributed by atoms with Crippen LogP contribution in [0.2, 0.25) is 4.34 Å². The maximum atomic E-state index is 6.02. The summed E-state index contributed by atoms with van der Waals surface area (Å²) in [6, 6.07) is 14.2. The molecule has 0 atom stereocenters. The first-order chi connectivity index (χ1) is 12.7. The second-order valence-electron chi connectivity index (χ2n) is 6.36. The summed E-state index contributed by atoms with van der Waals surface area (Å²) >= 11 is 13.3. The van der Waals surface area contributed by atoms with Crippen molar-refractivity contribution in [1.82, 2.24) is 24.1 Å². The molecule has 1 saturated heterocycles. The van der Waals surface area contributed by atoms with Gasteiger partial charge in [0.05, 0.1) is 11.0 Å². The van der Waals surface area contributed by atoms with Crippen molar-refractivity contribution in [2.75, 3.05) is 26.2 Å². The number of para-hydroxylation sites is 1. The molecule has 0 bridgehead atoms. The molecule has 3 aromatic rings. The van der Waals surface area contributed by atoms with Gasteiger partial charge in [-0.3, -0.25) is 14.4 Å². The number of hydrogen-bond donors (Lipinski definition) is 0. The highest BCUT2D eigenvalue weighted by atomic mass is 35.5. The van der Waals surface area contributed by atoms with Gasteiger partial charge in [0, 0.05) is 43.3 Å². The molecular formula is C18H20ClN5S2. The van der Waals surface area contributed by atoms with E-state index >= 15 is 0 Å². The Hall–Kier alpha value is -1.51. The maximum Gasteiger partial charge on any atom is 0.203 e. The molecule has 0 spiro atoms. The fourth-order valence-electron chi connectivity index (χ4n) is 3.14. The molecule has 0 N–H and O–H groups in total. The molecule has 1 aliphatic heterocycles. The first-order valence-corrected chi connectivity index (χ1v) is 10.2. The van der Waals surface area contributed by atoms with Crippen LogP contribution in [0.4, 0.5) is 0 Å². The molecule has 0 radical (unpaired) electrons. The smallest absolute Gasteiger partial charge is 0.203 e. The van der Waals surface area contributed by atoms with Crippen molar-refractivity contribution in [1.29, 1.82) is 0 Å². The zero-order valence-electron chi connectivity index (χ0n) is 14.3. The molecule has 3 heterocycles. The first kappa shape index (κ1) is 17.9. The fourth-order valence-corrected chi connectivity index (χ4v) is 4.52. The van der Waals surface area contributed by atoms with Gasteiger partial charge in [-0.1, -0.05) is 29.8 Å². The minimum absolute atomic E-state index is 0.729. The third-order valence-electron chi connectivity index (χ3n) is 4.57. The van der Waals surface area contributed by atoms with Crippen LogP contribution < -0.4 is 0 Å². The van der Waals surface area contributed by atoms with Crippen LogP contribution in [0.3, 0.4) is 0 Å². The predicted octanol–water partition coefficient (Wildman–Crippen LogP) is 3.89.